The summed E-state index contributed by atoms with van der Waals surface area (Å²) >= 11 is 0. The fraction of sp³-hybridized carbons (Fsp3) is 0.364. The molecule has 0 aliphatic rings. The first kappa shape index (κ1) is 15.3. The van der Waals surface area contributed by atoms with Crippen molar-refractivity contribution in [2.24, 2.45) is 0 Å². The van der Waals surface area contributed by atoms with E-state index in [1.165, 1.54) is 0 Å². The predicted octanol–water partition coefficient (Wildman–Crippen LogP) is 3.85. The van der Waals surface area contributed by atoms with Crippen molar-refractivity contribution in [3.63, 3.8) is 0 Å². The average molecular weight is 286 g/mol. The van der Waals surface area contributed by atoms with Crippen LogP contribution in [0.5, 0.6) is 5.75 Å². The maximum Gasteiger partial charge on any atom is 0.417 e. The van der Waals surface area contributed by atoms with E-state index >= 15 is 0 Å². The lowest BCUT2D eigenvalue weighted by molar-refractivity contribution is -0.141. The van der Waals surface area contributed by atoms with Crippen molar-refractivity contribution in [3.8, 4) is 5.75 Å². The molecule has 0 unspecified atom stereocenters. The van der Waals surface area contributed by atoms with Crippen molar-refractivity contribution in [3.05, 3.63) is 29.3 Å². The van der Waals surface area contributed by atoms with E-state index in [-0.39, 0.29) is 12.0 Å². The molecule has 8 heteroatoms. The number of benzene rings is 1. The molecule has 0 fully saturated rings. The van der Waals surface area contributed by atoms with Gasteiger partial charge in [0.15, 0.2) is 6.29 Å². The number of aldehydes is 1. The molecule has 106 valence electrons. The first-order valence-corrected chi connectivity index (χ1v) is 4.99. The Bertz CT molecular complexity index is 449. The standard InChI is InChI=1S/C11H8F6O2/c12-10(13,14)3-4-19-8-2-1-7(6-18)9(5-8)11(15,16)17/h1-2,5-6H,3-4H2. The Morgan fingerprint density at radius 3 is 2.21 bits per heavy atom. The molecular formula is C11H8F6O2. The summed E-state index contributed by atoms with van der Waals surface area (Å²) in [6.45, 7) is -0.790. The van der Waals surface area contributed by atoms with Gasteiger partial charge in [0.25, 0.3) is 0 Å². The van der Waals surface area contributed by atoms with Crippen LogP contribution in [0.2, 0.25) is 0 Å². The van der Waals surface area contributed by atoms with E-state index in [0.29, 0.717) is 6.07 Å². The van der Waals surface area contributed by atoms with Crippen LogP contribution in [0.4, 0.5) is 26.3 Å². The molecule has 0 N–H and O–H groups in total. The van der Waals surface area contributed by atoms with Crippen LogP contribution in [0.1, 0.15) is 22.3 Å². The highest BCUT2D eigenvalue weighted by atomic mass is 19.4. The number of hydrogen-bond donors (Lipinski definition) is 0. The Hall–Kier alpha value is -1.73. The quantitative estimate of drug-likeness (QED) is 0.620. The van der Waals surface area contributed by atoms with Gasteiger partial charge in [0.1, 0.15) is 5.75 Å². The summed E-state index contributed by atoms with van der Waals surface area (Å²) in [4.78, 5) is 10.4. The minimum Gasteiger partial charge on any atom is -0.493 e. The topological polar surface area (TPSA) is 26.3 Å². The van der Waals surface area contributed by atoms with Crippen molar-refractivity contribution in [1.29, 1.82) is 0 Å². The van der Waals surface area contributed by atoms with Gasteiger partial charge in [0.2, 0.25) is 0 Å². The molecule has 0 saturated heterocycles. The average Bonchev–Trinajstić information content (AvgIpc) is 2.26. The zero-order chi connectivity index (χ0) is 14.7. The Morgan fingerprint density at radius 1 is 1.11 bits per heavy atom. The Balaban J connectivity index is 2.85. The molecule has 19 heavy (non-hydrogen) atoms. The highest BCUT2D eigenvalue weighted by Gasteiger charge is 2.34. The number of ether oxygens (including phenoxy) is 1. The number of alkyl halides is 6. The summed E-state index contributed by atoms with van der Waals surface area (Å²) in [6, 6.07) is 2.36. The Labute approximate surface area is 104 Å². The summed E-state index contributed by atoms with van der Waals surface area (Å²) in [5.41, 5.74) is -1.84. The van der Waals surface area contributed by atoms with Gasteiger partial charge in [-0.25, -0.2) is 0 Å². The molecule has 0 aliphatic carbocycles. The van der Waals surface area contributed by atoms with Gasteiger partial charge in [-0.05, 0) is 18.2 Å². The third kappa shape index (κ3) is 4.80. The maximum absolute atomic E-state index is 12.5. The Kier molecular flexibility index (Phi) is 4.43. The second-order valence-electron chi connectivity index (χ2n) is 3.58. The molecule has 2 nitrogen and oxygen atoms in total. The zero-order valence-corrected chi connectivity index (χ0v) is 9.31. The summed E-state index contributed by atoms with van der Waals surface area (Å²) in [5.74, 6) is -0.373. The largest absolute Gasteiger partial charge is 0.493 e. The van der Waals surface area contributed by atoms with Gasteiger partial charge in [-0.1, -0.05) is 0 Å². The summed E-state index contributed by atoms with van der Waals surface area (Å²) < 4.78 is 77.7. The van der Waals surface area contributed by atoms with Crippen LogP contribution in [-0.2, 0) is 6.18 Å². The third-order valence-electron chi connectivity index (χ3n) is 2.11. The lowest BCUT2D eigenvalue weighted by atomic mass is 10.1. The van der Waals surface area contributed by atoms with Crippen LogP contribution in [0.3, 0.4) is 0 Å². The van der Waals surface area contributed by atoms with Gasteiger partial charge in [-0.2, -0.15) is 26.3 Å². The van der Waals surface area contributed by atoms with Crippen LogP contribution >= 0.6 is 0 Å². The monoisotopic (exact) mass is 286 g/mol. The molecule has 0 amide bonds. The lowest BCUT2D eigenvalue weighted by Crippen LogP contribution is -2.14. The van der Waals surface area contributed by atoms with Crippen molar-refractivity contribution < 1.29 is 35.9 Å². The van der Waals surface area contributed by atoms with Crippen molar-refractivity contribution >= 4 is 6.29 Å². The van der Waals surface area contributed by atoms with Gasteiger partial charge in [0, 0.05) is 5.56 Å². The van der Waals surface area contributed by atoms with E-state index in [1.807, 2.05) is 0 Å². The van der Waals surface area contributed by atoms with Crippen LogP contribution in [0.25, 0.3) is 0 Å². The normalized spacial score (nSPS) is 12.3. The van der Waals surface area contributed by atoms with E-state index in [0.717, 1.165) is 12.1 Å². The molecule has 1 aromatic rings. The molecule has 0 atom stereocenters. The van der Waals surface area contributed by atoms with E-state index in [4.69, 9.17) is 0 Å². The van der Waals surface area contributed by atoms with Gasteiger partial charge < -0.3 is 4.74 Å². The van der Waals surface area contributed by atoms with Crippen LogP contribution < -0.4 is 4.74 Å². The predicted molar refractivity (Wildman–Crippen MR) is 53.0 cm³/mol. The molecular weight excluding hydrogens is 278 g/mol. The maximum atomic E-state index is 12.5. The molecule has 1 rings (SSSR count). The zero-order valence-electron chi connectivity index (χ0n) is 9.31. The van der Waals surface area contributed by atoms with Crippen LogP contribution in [-0.4, -0.2) is 19.1 Å². The smallest absolute Gasteiger partial charge is 0.417 e. The summed E-state index contributed by atoms with van der Waals surface area (Å²) in [5, 5.41) is 0. The van der Waals surface area contributed by atoms with E-state index in [1.54, 1.807) is 0 Å². The number of carbonyl (C=O) groups is 1. The summed E-state index contributed by atoms with van der Waals surface area (Å²) in [7, 11) is 0. The molecule has 0 heterocycles. The molecule has 0 saturated carbocycles. The molecule has 0 spiro atoms. The van der Waals surface area contributed by atoms with Crippen molar-refractivity contribution in [2.75, 3.05) is 6.61 Å². The van der Waals surface area contributed by atoms with E-state index in [9.17, 15) is 31.1 Å². The number of rotatable bonds is 4. The fourth-order valence-corrected chi connectivity index (χ4v) is 1.26. The first-order chi connectivity index (χ1) is 8.63. The fourth-order valence-electron chi connectivity index (χ4n) is 1.26. The minimum atomic E-state index is -4.78. The summed E-state index contributed by atoms with van der Waals surface area (Å²) in [6.07, 6.45) is -10.5. The van der Waals surface area contributed by atoms with E-state index < -0.39 is 36.5 Å². The second-order valence-corrected chi connectivity index (χ2v) is 3.58. The van der Waals surface area contributed by atoms with Gasteiger partial charge >= 0.3 is 12.4 Å². The number of hydrogen-bond acceptors (Lipinski definition) is 2. The van der Waals surface area contributed by atoms with Crippen molar-refractivity contribution in [2.45, 2.75) is 18.8 Å². The highest BCUT2D eigenvalue weighted by molar-refractivity contribution is 5.78. The number of carbonyl (C=O) groups excluding carboxylic acids is 1. The van der Waals surface area contributed by atoms with Gasteiger partial charge in [-0.15, -0.1) is 0 Å². The van der Waals surface area contributed by atoms with Gasteiger partial charge in [-0.3, -0.25) is 4.79 Å². The molecule has 0 bridgehead atoms. The first-order valence-electron chi connectivity index (χ1n) is 4.99. The lowest BCUT2D eigenvalue weighted by Gasteiger charge is -2.13. The second kappa shape index (κ2) is 5.50. The molecule has 0 aromatic heterocycles. The SMILES string of the molecule is O=Cc1ccc(OCCC(F)(F)F)cc1C(F)(F)F. The van der Waals surface area contributed by atoms with Crippen LogP contribution in [0.15, 0.2) is 18.2 Å². The minimum absolute atomic E-state index is 0.0162. The molecule has 1 aromatic carbocycles. The van der Waals surface area contributed by atoms with Gasteiger partial charge in [0.05, 0.1) is 18.6 Å². The molecule has 0 radical (unpaired) electrons. The third-order valence-corrected chi connectivity index (χ3v) is 2.11. The van der Waals surface area contributed by atoms with Crippen molar-refractivity contribution in [1.82, 2.24) is 0 Å². The highest BCUT2D eigenvalue weighted by Crippen LogP contribution is 2.34. The Morgan fingerprint density at radius 2 is 1.74 bits per heavy atom. The molecule has 0 aliphatic heterocycles. The number of halogens is 6. The van der Waals surface area contributed by atoms with Crippen LogP contribution in [0, 0.1) is 0 Å². The van der Waals surface area contributed by atoms with E-state index in [2.05, 4.69) is 4.74 Å².